The fourth-order valence-electron chi connectivity index (χ4n) is 3.31. The van der Waals surface area contributed by atoms with Crippen LogP contribution in [0, 0.1) is 12.8 Å². The van der Waals surface area contributed by atoms with Crippen LogP contribution in [0.2, 0.25) is 0 Å². The molecule has 1 N–H and O–H groups in total. The molecule has 1 aliphatic heterocycles. The van der Waals surface area contributed by atoms with Gasteiger partial charge in [-0.2, -0.15) is 0 Å². The van der Waals surface area contributed by atoms with E-state index in [1.165, 1.54) is 5.56 Å². The normalized spacial score (nSPS) is 17.0. The highest BCUT2D eigenvalue weighted by Crippen LogP contribution is 2.16. The number of rotatable bonds is 7. The zero-order valence-corrected chi connectivity index (χ0v) is 16.2. The number of likely N-dealkylation sites (tertiary alicyclic amines) is 1. The van der Waals surface area contributed by atoms with Gasteiger partial charge in [-0.1, -0.05) is 24.3 Å². The van der Waals surface area contributed by atoms with Gasteiger partial charge in [0.1, 0.15) is 0 Å². The zero-order chi connectivity index (χ0) is 18.9. The second kappa shape index (κ2) is 10.2. The summed E-state index contributed by atoms with van der Waals surface area (Å²) >= 11 is 0. The second-order valence-electron chi connectivity index (χ2n) is 7.00. The zero-order valence-electron chi connectivity index (χ0n) is 16.2. The molecule has 144 valence electrons. The molecule has 1 aromatic carbocycles. The molecule has 3 amide bonds. The molecule has 0 bridgehead atoms. The molecule has 0 aliphatic carbocycles. The van der Waals surface area contributed by atoms with Crippen LogP contribution in [-0.4, -0.2) is 61.6 Å². The molecule has 0 unspecified atom stereocenters. The van der Waals surface area contributed by atoms with Crippen LogP contribution < -0.4 is 5.32 Å². The van der Waals surface area contributed by atoms with Gasteiger partial charge in [0, 0.05) is 46.8 Å². The molecule has 0 spiro atoms. The predicted molar refractivity (Wildman–Crippen MR) is 102 cm³/mol. The van der Waals surface area contributed by atoms with Crippen LogP contribution in [0.4, 0.5) is 4.79 Å². The summed E-state index contributed by atoms with van der Waals surface area (Å²) in [6.07, 6.45) is 2.04. The summed E-state index contributed by atoms with van der Waals surface area (Å²) in [5, 5.41) is 3.05. The molecule has 1 fully saturated rings. The number of carbonyl (C=O) groups is 2. The van der Waals surface area contributed by atoms with Crippen molar-refractivity contribution in [2.45, 2.75) is 33.2 Å². The quantitative estimate of drug-likeness (QED) is 0.811. The highest BCUT2D eigenvalue weighted by atomic mass is 16.5. The van der Waals surface area contributed by atoms with Gasteiger partial charge in [-0.05, 0) is 36.8 Å². The highest BCUT2D eigenvalue weighted by Gasteiger charge is 2.23. The first-order valence-electron chi connectivity index (χ1n) is 9.33. The number of piperidine rings is 1. The lowest BCUT2D eigenvalue weighted by atomic mass is 9.98. The van der Waals surface area contributed by atoms with Crippen LogP contribution in [0.5, 0.6) is 0 Å². The fourth-order valence-corrected chi connectivity index (χ4v) is 3.31. The van der Waals surface area contributed by atoms with Gasteiger partial charge in [-0.25, -0.2) is 4.79 Å². The summed E-state index contributed by atoms with van der Waals surface area (Å²) in [6.45, 7) is 7.42. The van der Waals surface area contributed by atoms with Crippen molar-refractivity contribution in [3.63, 3.8) is 0 Å². The average Bonchev–Trinajstić information content (AvgIpc) is 2.64. The van der Waals surface area contributed by atoms with E-state index in [1.807, 2.05) is 23.1 Å². The van der Waals surface area contributed by atoms with Gasteiger partial charge in [-0.15, -0.1) is 0 Å². The number of carbonyl (C=O) groups excluding carboxylic acids is 2. The summed E-state index contributed by atoms with van der Waals surface area (Å²) in [6, 6.07) is 8.02. The molecule has 1 saturated heterocycles. The lowest BCUT2D eigenvalue weighted by Crippen LogP contribution is -2.46. The van der Waals surface area contributed by atoms with Gasteiger partial charge in [-0.3, -0.25) is 4.79 Å². The smallest absolute Gasteiger partial charge is 0.317 e. The monoisotopic (exact) mass is 361 g/mol. The highest BCUT2D eigenvalue weighted by molar-refractivity contribution is 5.74. The van der Waals surface area contributed by atoms with E-state index in [0.29, 0.717) is 32.2 Å². The minimum atomic E-state index is -0.0785. The van der Waals surface area contributed by atoms with E-state index in [2.05, 4.69) is 18.3 Å². The van der Waals surface area contributed by atoms with Crippen LogP contribution in [0.15, 0.2) is 24.3 Å². The number of nitrogens with one attached hydrogen (secondary N) is 1. The SMILES string of the molecule is COCCN(Cc1ccccc1C)C(=O)NC[C@H]1CCCN(C(C)=O)C1. The Balaban J connectivity index is 1.91. The molecule has 1 heterocycles. The Morgan fingerprint density at radius 3 is 2.81 bits per heavy atom. The Bertz CT molecular complexity index is 606. The Labute approximate surface area is 156 Å². The van der Waals surface area contributed by atoms with Crippen molar-refractivity contribution in [3.8, 4) is 0 Å². The molecule has 0 saturated carbocycles. The van der Waals surface area contributed by atoms with Gasteiger partial charge in [0.2, 0.25) is 5.91 Å². The average molecular weight is 361 g/mol. The molecule has 6 nitrogen and oxygen atoms in total. The number of aryl methyl sites for hydroxylation is 1. The fraction of sp³-hybridized carbons (Fsp3) is 0.600. The lowest BCUT2D eigenvalue weighted by Gasteiger charge is -2.32. The molecule has 1 atom stereocenters. The Hall–Kier alpha value is -2.08. The number of hydrogen-bond acceptors (Lipinski definition) is 3. The molecular formula is C20H31N3O3. The minimum Gasteiger partial charge on any atom is -0.383 e. The van der Waals surface area contributed by atoms with Crippen LogP contribution in [0.3, 0.4) is 0 Å². The van der Waals surface area contributed by atoms with Crippen molar-refractivity contribution < 1.29 is 14.3 Å². The van der Waals surface area contributed by atoms with Crippen molar-refractivity contribution in [2.75, 3.05) is 39.9 Å². The first kappa shape index (κ1) is 20.2. The predicted octanol–water partition coefficient (Wildman–Crippen LogP) is 2.41. The Morgan fingerprint density at radius 2 is 2.12 bits per heavy atom. The number of methoxy groups -OCH3 is 1. The molecule has 26 heavy (non-hydrogen) atoms. The largest absolute Gasteiger partial charge is 0.383 e. The maximum absolute atomic E-state index is 12.7. The van der Waals surface area contributed by atoms with Crippen molar-refractivity contribution in [1.29, 1.82) is 0 Å². The third kappa shape index (κ3) is 6.02. The molecule has 1 aromatic rings. The molecule has 0 aromatic heterocycles. The summed E-state index contributed by atoms with van der Waals surface area (Å²) in [4.78, 5) is 27.9. The van der Waals surface area contributed by atoms with Crippen LogP contribution >= 0.6 is 0 Å². The topological polar surface area (TPSA) is 61.9 Å². The van der Waals surface area contributed by atoms with Gasteiger partial charge in [0.15, 0.2) is 0 Å². The van der Waals surface area contributed by atoms with E-state index >= 15 is 0 Å². The molecule has 0 radical (unpaired) electrons. The molecule has 6 heteroatoms. The van der Waals surface area contributed by atoms with Crippen molar-refractivity contribution in [3.05, 3.63) is 35.4 Å². The van der Waals surface area contributed by atoms with E-state index in [0.717, 1.165) is 31.5 Å². The van der Waals surface area contributed by atoms with Gasteiger partial charge in [0.05, 0.1) is 6.61 Å². The first-order chi connectivity index (χ1) is 12.5. The van der Waals surface area contributed by atoms with Gasteiger partial charge >= 0.3 is 6.03 Å². The number of hydrogen-bond donors (Lipinski definition) is 1. The summed E-state index contributed by atoms with van der Waals surface area (Å²) in [5.74, 6) is 0.432. The van der Waals surface area contributed by atoms with Crippen molar-refractivity contribution >= 4 is 11.9 Å². The Kier molecular flexibility index (Phi) is 7.91. The second-order valence-corrected chi connectivity index (χ2v) is 7.00. The van der Waals surface area contributed by atoms with Crippen LogP contribution in [0.1, 0.15) is 30.9 Å². The lowest BCUT2D eigenvalue weighted by molar-refractivity contribution is -0.130. The standard InChI is InChI=1S/C20H31N3O3/c1-16-7-4-5-9-19(16)15-23(11-12-26-3)20(25)21-13-18-8-6-10-22(14-18)17(2)24/h4-5,7,9,18H,6,8,10-15H2,1-3H3,(H,21,25)/t18-/m1/s1. The van der Waals surface area contributed by atoms with Crippen molar-refractivity contribution in [2.24, 2.45) is 5.92 Å². The molecule has 1 aliphatic rings. The molecular weight excluding hydrogens is 330 g/mol. The van der Waals surface area contributed by atoms with E-state index in [-0.39, 0.29) is 11.9 Å². The van der Waals surface area contributed by atoms with E-state index < -0.39 is 0 Å². The minimum absolute atomic E-state index is 0.0785. The number of benzene rings is 1. The van der Waals surface area contributed by atoms with E-state index in [1.54, 1.807) is 18.9 Å². The van der Waals surface area contributed by atoms with Crippen molar-refractivity contribution in [1.82, 2.24) is 15.1 Å². The van der Waals surface area contributed by atoms with Gasteiger partial charge < -0.3 is 19.9 Å². The maximum atomic E-state index is 12.7. The first-order valence-corrected chi connectivity index (χ1v) is 9.33. The number of ether oxygens (including phenoxy) is 1. The molecule has 2 rings (SSSR count). The summed E-state index contributed by atoms with van der Waals surface area (Å²) in [5.41, 5.74) is 2.31. The van der Waals surface area contributed by atoms with Crippen LogP contribution in [-0.2, 0) is 16.1 Å². The summed E-state index contributed by atoms with van der Waals surface area (Å²) < 4.78 is 5.16. The number of nitrogens with zero attached hydrogens (tertiary/aromatic N) is 2. The van der Waals surface area contributed by atoms with E-state index in [4.69, 9.17) is 4.74 Å². The van der Waals surface area contributed by atoms with Gasteiger partial charge in [0.25, 0.3) is 0 Å². The third-order valence-electron chi connectivity index (χ3n) is 4.98. The summed E-state index contributed by atoms with van der Waals surface area (Å²) in [7, 11) is 1.64. The Morgan fingerprint density at radius 1 is 1.35 bits per heavy atom. The third-order valence-corrected chi connectivity index (χ3v) is 4.98. The number of urea groups is 1. The number of amides is 3. The van der Waals surface area contributed by atoms with E-state index in [9.17, 15) is 9.59 Å². The van der Waals surface area contributed by atoms with Crippen LogP contribution in [0.25, 0.3) is 0 Å². The maximum Gasteiger partial charge on any atom is 0.317 e.